The average molecular weight is 433 g/mol. The van der Waals surface area contributed by atoms with Crippen molar-refractivity contribution in [3.8, 4) is 11.1 Å². The van der Waals surface area contributed by atoms with Crippen molar-refractivity contribution < 1.29 is 13.9 Å². The van der Waals surface area contributed by atoms with Gasteiger partial charge in [0, 0.05) is 37.0 Å². The molecule has 0 saturated carbocycles. The summed E-state index contributed by atoms with van der Waals surface area (Å²) in [4.78, 5) is 19.4. The lowest BCUT2D eigenvalue weighted by molar-refractivity contribution is 0.179. The molecule has 6 N–H and O–H groups in total. The largest absolute Gasteiger partial charge is 0.452 e. The lowest BCUT2D eigenvalue weighted by Crippen LogP contribution is -2.35. The van der Waals surface area contributed by atoms with Gasteiger partial charge in [0.2, 0.25) is 0 Å². The Hall–Kier alpha value is -3.28. The number of amidine groups is 1. The molecule has 11 heteroatoms. The molecule has 0 aliphatic heterocycles. The topological polar surface area (TPSA) is 139 Å². The molecule has 0 bridgehead atoms. The highest BCUT2D eigenvalue weighted by molar-refractivity contribution is 5.95. The minimum absolute atomic E-state index is 0.152. The molecular weight excluding hydrogens is 403 g/mol. The first-order valence-corrected chi connectivity index (χ1v) is 9.59. The Bertz CT molecular complexity index is 905. The fourth-order valence-electron chi connectivity index (χ4n) is 2.72. The van der Waals surface area contributed by atoms with Gasteiger partial charge in [0.1, 0.15) is 11.5 Å². The number of benzene rings is 1. The molecule has 0 radical (unpaired) electrons. The van der Waals surface area contributed by atoms with E-state index in [0.717, 1.165) is 0 Å². The van der Waals surface area contributed by atoms with Crippen molar-refractivity contribution in [1.29, 1.82) is 0 Å². The molecule has 2 aromatic rings. The van der Waals surface area contributed by atoms with Crippen LogP contribution in [0.15, 0.2) is 41.6 Å². The second kappa shape index (κ2) is 11.2. The van der Waals surface area contributed by atoms with Gasteiger partial charge in [0.05, 0.1) is 19.3 Å². The molecule has 31 heavy (non-hydrogen) atoms. The number of likely N-dealkylation sites (N-methyl/N-ethyl adjacent to an activating group) is 1. The molecule has 0 atom stereocenters. The summed E-state index contributed by atoms with van der Waals surface area (Å²) in [6.07, 6.45) is 0.881. The second-order valence-corrected chi connectivity index (χ2v) is 6.96. The van der Waals surface area contributed by atoms with Gasteiger partial charge < -0.3 is 21.1 Å². The van der Waals surface area contributed by atoms with Crippen molar-refractivity contribution in [2.45, 2.75) is 0 Å². The van der Waals surface area contributed by atoms with E-state index in [1.807, 2.05) is 19.0 Å². The highest BCUT2D eigenvalue weighted by Gasteiger charge is 2.17. The number of nitrogens with two attached hydrogens (primary N) is 3. The van der Waals surface area contributed by atoms with E-state index in [-0.39, 0.29) is 18.9 Å². The van der Waals surface area contributed by atoms with Crippen LogP contribution in [0.1, 0.15) is 5.69 Å². The van der Waals surface area contributed by atoms with Crippen LogP contribution in [0.5, 0.6) is 0 Å². The fourth-order valence-corrected chi connectivity index (χ4v) is 2.72. The first-order valence-electron chi connectivity index (χ1n) is 9.59. The van der Waals surface area contributed by atoms with Crippen LogP contribution < -0.4 is 22.2 Å². The van der Waals surface area contributed by atoms with Crippen LogP contribution in [0.4, 0.5) is 14.9 Å². The van der Waals surface area contributed by atoms with E-state index in [1.165, 1.54) is 29.4 Å². The number of hydrogen-bond donors (Lipinski definition) is 3. The third kappa shape index (κ3) is 6.60. The lowest BCUT2D eigenvalue weighted by atomic mass is 10.1. The molecule has 1 aromatic heterocycles. The number of pyridine rings is 1. The number of nitrogens with zero attached hydrogens (tertiary/aromatic N) is 5. The predicted molar refractivity (Wildman–Crippen MR) is 119 cm³/mol. The van der Waals surface area contributed by atoms with Crippen LogP contribution in [0.2, 0.25) is 0 Å². The Morgan fingerprint density at radius 2 is 1.94 bits per heavy atom. The normalized spacial score (nSPS) is 11.5. The average Bonchev–Trinajstić information content (AvgIpc) is 2.75. The molecule has 1 amide bonds. The van der Waals surface area contributed by atoms with Crippen LogP contribution >= 0.6 is 0 Å². The third-order valence-electron chi connectivity index (χ3n) is 4.36. The molecule has 1 heterocycles. The monoisotopic (exact) mass is 432 g/mol. The second-order valence-electron chi connectivity index (χ2n) is 6.96. The molecule has 0 spiro atoms. The van der Waals surface area contributed by atoms with Gasteiger partial charge >= 0.3 is 6.09 Å². The molecule has 10 nitrogen and oxygen atoms in total. The van der Waals surface area contributed by atoms with Crippen LogP contribution in [-0.4, -0.2) is 74.3 Å². The number of hydrazone groups is 1. The summed E-state index contributed by atoms with van der Waals surface area (Å²) in [6.45, 7) is 1.62. The number of amides is 1. The van der Waals surface area contributed by atoms with E-state index in [2.05, 4.69) is 10.1 Å². The number of carbonyl (C=O) groups is 1. The Labute approximate surface area is 181 Å². The summed E-state index contributed by atoms with van der Waals surface area (Å²) < 4.78 is 19.5. The number of aromatic nitrogens is 1. The summed E-state index contributed by atoms with van der Waals surface area (Å²) in [6, 6.07) is 7.75. The minimum Gasteiger partial charge on any atom is -0.452 e. The number of methoxy groups -OCH3 is 1. The van der Waals surface area contributed by atoms with Crippen molar-refractivity contribution in [3.63, 3.8) is 0 Å². The molecule has 2 rings (SSSR count). The quantitative estimate of drug-likeness (QED) is 0.229. The maximum atomic E-state index is 14.8. The number of halogens is 1. The van der Waals surface area contributed by atoms with Crippen LogP contribution in [0, 0.1) is 5.82 Å². The highest BCUT2D eigenvalue weighted by atomic mass is 19.1. The molecule has 1 aromatic carbocycles. The van der Waals surface area contributed by atoms with Gasteiger partial charge in [-0.25, -0.2) is 20.1 Å². The summed E-state index contributed by atoms with van der Waals surface area (Å²) in [5, 5.41) is 5.34. The van der Waals surface area contributed by atoms with Crippen molar-refractivity contribution >= 4 is 17.6 Å². The highest BCUT2D eigenvalue weighted by Crippen LogP contribution is 2.27. The third-order valence-corrected chi connectivity index (χ3v) is 4.36. The zero-order valence-corrected chi connectivity index (χ0v) is 18.0. The summed E-state index contributed by atoms with van der Waals surface area (Å²) >= 11 is 0. The fraction of sp³-hybridized carbons (Fsp3) is 0.350. The van der Waals surface area contributed by atoms with E-state index < -0.39 is 11.9 Å². The molecule has 168 valence electrons. The van der Waals surface area contributed by atoms with Gasteiger partial charge in [-0.3, -0.25) is 9.88 Å². The van der Waals surface area contributed by atoms with Crippen LogP contribution in [-0.2, 0) is 4.74 Å². The minimum atomic E-state index is -0.613. The van der Waals surface area contributed by atoms with Crippen LogP contribution in [0.3, 0.4) is 0 Å². The number of rotatable bonds is 9. The van der Waals surface area contributed by atoms with Crippen molar-refractivity contribution in [2.75, 3.05) is 52.3 Å². The van der Waals surface area contributed by atoms with E-state index in [9.17, 15) is 9.18 Å². The Balaban J connectivity index is 2.20. The smallest absolute Gasteiger partial charge is 0.414 e. The summed E-state index contributed by atoms with van der Waals surface area (Å²) in [5.41, 5.74) is 13.1. The first kappa shape index (κ1) is 24.0. The Morgan fingerprint density at radius 3 is 2.48 bits per heavy atom. The van der Waals surface area contributed by atoms with E-state index in [1.54, 1.807) is 24.3 Å². The SMILES string of the molecule is COC(=O)N(CCN)c1ccc(-c2ccc(/C(N)=N/N(N)CCN(C)C)nc2)c(F)c1. The summed E-state index contributed by atoms with van der Waals surface area (Å²) in [5.74, 6) is 5.44. The maximum absolute atomic E-state index is 14.8. The van der Waals surface area contributed by atoms with Crippen molar-refractivity contribution in [1.82, 2.24) is 15.0 Å². The zero-order valence-electron chi connectivity index (χ0n) is 18.0. The van der Waals surface area contributed by atoms with Crippen LogP contribution in [0.25, 0.3) is 11.1 Å². The first-order chi connectivity index (χ1) is 14.8. The number of carbonyl (C=O) groups excluding carboxylic acids is 1. The van der Waals surface area contributed by atoms with Crippen molar-refractivity contribution in [3.05, 3.63) is 48.0 Å². The molecule has 0 aliphatic rings. The lowest BCUT2D eigenvalue weighted by Gasteiger charge is -2.21. The van der Waals surface area contributed by atoms with E-state index in [0.29, 0.717) is 35.6 Å². The van der Waals surface area contributed by atoms with Gasteiger partial charge in [-0.15, -0.1) is 5.10 Å². The Kier molecular flexibility index (Phi) is 8.67. The van der Waals surface area contributed by atoms with Gasteiger partial charge in [-0.05, 0) is 38.4 Å². The Morgan fingerprint density at radius 1 is 1.19 bits per heavy atom. The standard InChI is InChI=1S/C20H29FN8O2/c1-27(2)10-11-29(24)26-19(23)18-7-4-14(13-25-18)16-6-5-15(12-17(16)21)28(9-8-22)20(30)31-3/h4-7,12-13H,8-11,22,24H2,1-3H3,(H2,23,26). The number of hydrogen-bond acceptors (Lipinski definition) is 8. The number of anilines is 1. The predicted octanol–water partition coefficient (Wildman–Crippen LogP) is 0.777. The van der Waals surface area contributed by atoms with Crippen molar-refractivity contribution in [2.24, 2.45) is 22.4 Å². The molecule has 0 unspecified atom stereocenters. The van der Waals surface area contributed by atoms with Gasteiger partial charge in [-0.1, -0.05) is 6.07 Å². The van der Waals surface area contributed by atoms with E-state index in [4.69, 9.17) is 22.0 Å². The van der Waals surface area contributed by atoms with Gasteiger partial charge in [0.25, 0.3) is 0 Å². The molecular formula is C20H29FN8O2. The van der Waals surface area contributed by atoms with E-state index >= 15 is 0 Å². The molecule has 0 fully saturated rings. The number of hydrazine groups is 1. The number of ether oxygens (including phenoxy) is 1. The summed E-state index contributed by atoms with van der Waals surface area (Å²) in [7, 11) is 5.11. The molecule has 0 saturated heterocycles. The zero-order chi connectivity index (χ0) is 23.0. The van der Waals surface area contributed by atoms with Gasteiger partial charge in [0.15, 0.2) is 5.84 Å². The van der Waals surface area contributed by atoms with Gasteiger partial charge in [-0.2, -0.15) is 0 Å². The molecule has 0 aliphatic carbocycles. The maximum Gasteiger partial charge on any atom is 0.414 e.